The molecule has 0 heterocycles. The predicted octanol–water partition coefficient (Wildman–Crippen LogP) is 2.91. The van der Waals surface area contributed by atoms with Crippen molar-refractivity contribution in [2.24, 2.45) is 11.3 Å². The molecule has 2 heteroatoms. The first-order chi connectivity index (χ1) is 6.87. The van der Waals surface area contributed by atoms with Crippen LogP contribution in [0, 0.1) is 11.3 Å². The normalized spacial score (nSPS) is 23.8. The maximum atomic E-state index is 3.66. The van der Waals surface area contributed by atoms with Crippen LogP contribution in [0.15, 0.2) is 0 Å². The minimum Gasteiger partial charge on any atom is -0.316 e. The summed E-state index contributed by atoms with van der Waals surface area (Å²) >= 11 is 1.96. The third-order valence-corrected chi connectivity index (χ3v) is 4.46. The second-order valence-corrected chi connectivity index (χ2v) is 6.00. The number of nitrogens with one attached hydrogen (secondary N) is 1. The van der Waals surface area contributed by atoms with E-state index in [1.807, 2.05) is 11.8 Å². The van der Waals surface area contributed by atoms with Crippen molar-refractivity contribution in [3.8, 4) is 0 Å². The maximum absolute atomic E-state index is 3.66. The third-order valence-electron chi connectivity index (χ3n) is 3.76. The van der Waals surface area contributed by atoms with Gasteiger partial charge in [0.05, 0.1) is 0 Å². The van der Waals surface area contributed by atoms with E-state index in [-0.39, 0.29) is 0 Å². The van der Waals surface area contributed by atoms with Crippen molar-refractivity contribution in [1.29, 1.82) is 0 Å². The minimum absolute atomic E-state index is 0.791. The Bertz CT molecular complexity index is 173. The molecule has 0 atom stereocenters. The summed E-state index contributed by atoms with van der Waals surface area (Å²) in [5.74, 6) is 2.44. The Labute approximate surface area is 92.4 Å². The Hall–Kier alpha value is 0.310. The SMILES string of the molecule is CSCCCCNCC1(C2CC2)CC1. The van der Waals surface area contributed by atoms with E-state index in [2.05, 4.69) is 11.6 Å². The molecule has 2 rings (SSSR count). The molecule has 0 aromatic carbocycles. The largest absolute Gasteiger partial charge is 0.316 e. The molecule has 82 valence electrons. The smallest absolute Gasteiger partial charge is 0.00105 e. The average molecular weight is 213 g/mol. The Morgan fingerprint density at radius 3 is 2.64 bits per heavy atom. The van der Waals surface area contributed by atoms with Crippen LogP contribution in [0.5, 0.6) is 0 Å². The van der Waals surface area contributed by atoms with E-state index in [9.17, 15) is 0 Å². The highest BCUT2D eigenvalue weighted by atomic mass is 32.2. The fraction of sp³-hybridized carbons (Fsp3) is 1.00. The standard InChI is InChI=1S/C12H23NS/c1-14-9-3-2-8-13-10-12(6-7-12)11-4-5-11/h11,13H,2-10H2,1H3. The van der Waals surface area contributed by atoms with E-state index in [1.54, 1.807) is 0 Å². The highest BCUT2D eigenvalue weighted by Crippen LogP contribution is 2.60. The van der Waals surface area contributed by atoms with E-state index in [0.29, 0.717) is 0 Å². The Kier molecular flexibility index (Phi) is 3.78. The van der Waals surface area contributed by atoms with Crippen LogP contribution in [0.3, 0.4) is 0 Å². The molecule has 2 saturated carbocycles. The first-order valence-corrected chi connectivity index (χ1v) is 7.46. The van der Waals surface area contributed by atoms with Crippen LogP contribution >= 0.6 is 11.8 Å². The molecule has 0 bridgehead atoms. The van der Waals surface area contributed by atoms with Crippen molar-refractivity contribution in [1.82, 2.24) is 5.32 Å². The van der Waals surface area contributed by atoms with Crippen molar-refractivity contribution in [2.75, 3.05) is 25.1 Å². The first kappa shape index (κ1) is 10.8. The van der Waals surface area contributed by atoms with Crippen LogP contribution in [0.2, 0.25) is 0 Å². The van der Waals surface area contributed by atoms with Gasteiger partial charge in [-0.1, -0.05) is 0 Å². The van der Waals surface area contributed by atoms with Gasteiger partial charge >= 0.3 is 0 Å². The lowest BCUT2D eigenvalue weighted by Gasteiger charge is -2.14. The highest BCUT2D eigenvalue weighted by molar-refractivity contribution is 7.98. The van der Waals surface area contributed by atoms with Gasteiger partial charge in [0.25, 0.3) is 0 Å². The number of hydrogen-bond donors (Lipinski definition) is 1. The Morgan fingerprint density at radius 2 is 2.07 bits per heavy atom. The fourth-order valence-electron chi connectivity index (χ4n) is 2.42. The van der Waals surface area contributed by atoms with Gasteiger partial charge in [0, 0.05) is 6.54 Å². The van der Waals surface area contributed by atoms with Crippen LogP contribution in [-0.4, -0.2) is 25.1 Å². The summed E-state index contributed by atoms with van der Waals surface area (Å²) in [4.78, 5) is 0. The summed E-state index contributed by atoms with van der Waals surface area (Å²) in [5, 5.41) is 3.66. The van der Waals surface area contributed by atoms with Crippen molar-refractivity contribution < 1.29 is 0 Å². The summed E-state index contributed by atoms with van der Waals surface area (Å²) in [6.07, 6.45) is 11.0. The van der Waals surface area contributed by atoms with Crippen LogP contribution in [0.1, 0.15) is 38.5 Å². The number of hydrogen-bond acceptors (Lipinski definition) is 2. The number of unbranched alkanes of at least 4 members (excludes halogenated alkanes) is 1. The zero-order valence-corrected chi connectivity index (χ0v) is 10.2. The lowest BCUT2D eigenvalue weighted by atomic mass is 10.0. The molecule has 0 aromatic heterocycles. The summed E-state index contributed by atoms with van der Waals surface area (Å²) in [5.41, 5.74) is 0.791. The molecule has 1 nitrogen and oxygen atoms in total. The van der Waals surface area contributed by atoms with E-state index in [0.717, 1.165) is 11.3 Å². The third kappa shape index (κ3) is 2.90. The summed E-state index contributed by atoms with van der Waals surface area (Å²) in [6.45, 7) is 2.56. The molecule has 0 radical (unpaired) electrons. The van der Waals surface area contributed by atoms with E-state index >= 15 is 0 Å². The van der Waals surface area contributed by atoms with Gasteiger partial charge in [-0.3, -0.25) is 0 Å². The van der Waals surface area contributed by atoms with Gasteiger partial charge in [0.1, 0.15) is 0 Å². The summed E-state index contributed by atoms with van der Waals surface area (Å²) in [6, 6.07) is 0. The molecule has 0 unspecified atom stereocenters. The molecule has 2 fully saturated rings. The van der Waals surface area contributed by atoms with Crippen LogP contribution in [0.25, 0.3) is 0 Å². The molecule has 0 spiro atoms. The Morgan fingerprint density at radius 1 is 1.29 bits per heavy atom. The predicted molar refractivity (Wildman–Crippen MR) is 64.9 cm³/mol. The molecule has 1 N–H and O–H groups in total. The lowest BCUT2D eigenvalue weighted by molar-refractivity contribution is 0.402. The minimum atomic E-state index is 0.791. The fourth-order valence-corrected chi connectivity index (χ4v) is 2.91. The average Bonchev–Trinajstić information content (AvgIpc) is 3.03. The van der Waals surface area contributed by atoms with Crippen LogP contribution in [-0.2, 0) is 0 Å². The Balaban J connectivity index is 1.47. The van der Waals surface area contributed by atoms with Gasteiger partial charge in [-0.25, -0.2) is 0 Å². The topological polar surface area (TPSA) is 12.0 Å². The first-order valence-electron chi connectivity index (χ1n) is 6.07. The van der Waals surface area contributed by atoms with Gasteiger partial charge < -0.3 is 5.32 Å². The molecular formula is C12H23NS. The molecular weight excluding hydrogens is 190 g/mol. The van der Waals surface area contributed by atoms with Crippen molar-refractivity contribution in [2.45, 2.75) is 38.5 Å². The maximum Gasteiger partial charge on any atom is 0.00105 e. The van der Waals surface area contributed by atoms with Crippen molar-refractivity contribution in [3.05, 3.63) is 0 Å². The van der Waals surface area contributed by atoms with Gasteiger partial charge in [-0.2, -0.15) is 11.8 Å². The molecule has 0 saturated heterocycles. The van der Waals surface area contributed by atoms with Crippen molar-refractivity contribution in [3.63, 3.8) is 0 Å². The van der Waals surface area contributed by atoms with Crippen LogP contribution < -0.4 is 5.32 Å². The summed E-state index contributed by atoms with van der Waals surface area (Å²) < 4.78 is 0. The second kappa shape index (κ2) is 4.89. The van der Waals surface area contributed by atoms with Crippen molar-refractivity contribution >= 4 is 11.8 Å². The quantitative estimate of drug-likeness (QED) is 0.622. The van der Waals surface area contributed by atoms with Gasteiger partial charge in [0.2, 0.25) is 0 Å². The van der Waals surface area contributed by atoms with Gasteiger partial charge in [-0.15, -0.1) is 0 Å². The number of rotatable bonds is 8. The van der Waals surface area contributed by atoms with Gasteiger partial charge in [0.15, 0.2) is 0 Å². The highest BCUT2D eigenvalue weighted by Gasteiger charge is 2.52. The van der Waals surface area contributed by atoms with E-state index < -0.39 is 0 Å². The van der Waals surface area contributed by atoms with E-state index in [4.69, 9.17) is 0 Å². The molecule has 0 aliphatic heterocycles. The zero-order valence-electron chi connectivity index (χ0n) is 9.35. The molecule has 0 aromatic rings. The molecule has 0 amide bonds. The number of thioether (sulfide) groups is 1. The van der Waals surface area contributed by atoms with Gasteiger partial charge in [-0.05, 0) is 68.4 Å². The summed E-state index contributed by atoms with van der Waals surface area (Å²) in [7, 11) is 0. The zero-order chi connectivity index (χ0) is 9.86. The molecule has 2 aliphatic rings. The lowest BCUT2D eigenvalue weighted by Crippen LogP contribution is -2.26. The molecule has 14 heavy (non-hydrogen) atoms. The molecule has 2 aliphatic carbocycles. The van der Waals surface area contributed by atoms with E-state index in [1.165, 1.54) is 57.4 Å². The van der Waals surface area contributed by atoms with Crippen LogP contribution in [0.4, 0.5) is 0 Å². The monoisotopic (exact) mass is 213 g/mol. The second-order valence-electron chi connectivity index (χ2n) is 5.01.